The van der Waals surface area contributed by atoms with Crippen LogP contribution >= 0.6 is 43.2 Å². The van der Waals surface area contributed by atoms with Crippen LogP contribution in [0.25, 0.3) is 0 Å². The molecule has 1 unspecified atom stereocenters. The van der Waals surface area contributed by atoms with Gasteiger partial charge in [0.1, 0.15) is 6.04 Å². The summed E-state index contributed by atoms with van der Waals surface area (Å²) in [7, 11) is 0. The second kappa shape index (κ2) is 6.16. The summed E-state index contributed by atoms with van der Waals surface area (Å²) in [6.07, 6.45) is 2.60. The fraction of sp³-hybridized carbons (Fsp3) is 0.455. The first-order valence-electron chi connectivity index (χ1n) is 5.61. The SMILES string of the molecule is O=C(NC1CCCCNC1=O)c1cc(Br)sc1Br. The maximum Gasteiger partial charge on any atom is 0.253 e. The molecule has 1 aromatic heterocycles. The van der Waals surface area contributed by atoms with Crippen LogP contribution in [0.4, 0.5) is 0 Å². The van der Waals surface area contributed by atoms with E-state index in [1.54, 1.807) is 6.07 Å². The maximum absolute atomic E-state index is 12.1. The van der Waals surface area contributed by atoms with Gasteiger partial charge >= 0.3 is 0 Å². The predicted octanol–water partition coefficient (Wildman–Crippen LogP) is 2.67. The van der Waals surface area contributed by atoms with Crippen molar-refractivity contribution < 1.29 is 9.59 Å². The van der Waals surface area contributed by atoms with Crippen LogP contribution in [0.3, 0.4) is 0 Å². The largest absolute Gasteiger partial charge is 0.354 e. The van der Waals surface area contributed by atoms with Gasteiger partial charge in [-0.25, -0.2) is 0 Å². The van der Waals surface area contributed by atoms with Crippen molar-refractivity contribution in [2.75, 3.05) is 6.54 Å². The molecule has 1 atom stereocenters. The molecule has 7 heteroatoms. The van der Waals surface area contributed by atoms with Crippen LogP contribution in [-0.2, 0) is 4.79 Å². The van der Waals surface area contributed by atoms with E-state index in [0.717, 1.165) is 20.4 Å². The van der Waals surface area contributed by atoms with Gasteiger partial charge in [0.25, 0.3) is 5.91 Å². The Morgan fingerprint density at radius 3 is 2.89 bits per heavy atom. The minimum Gasteiger partial charge on any atom is -0.354 e. The molecule has 2 heterocycles. The third kappa shape index (κ3) is 3.33. The lowest BCUT2D eigenvalue weighted by Gasteiger charge is -2.14. The number of nitrogens with one attached hydrogen (secondary N) is 2. The van der Waals surface area contributed by atoms with Crippen molar-refractivity contribution in [3.05, 3.63) is 19.2 Å². The zero-order valence-electron chi connectivity index (χ0n) is 9.46. The van der Waals surface area contributed by atoms with E-state index in [0.29, 0.717) is 18.5 Å². The molecule has 4 nitrogen and oxygen atoms in total. The molecule has 1 fully saturated rings. The van der Waals surface area contributed by atoms with Crippen molar-refractivity contribution in [2.24, 2.45) is 0 Å². The first-order chi connectivity index (χ1) is 8.58. The van der Waals surface area contributed by atoms with Crippen molar-refractivity contribution in [3.8, 4) is 0 Å². The lowest BCUT2D eigenvalue weighted by Crippen LogP contribution is -2.45. The standard InChI is InChI=1S/C11H12Br2N2O2S/c12-8-5-6(9(13)18-8)10(16)15-7-3-1-2-4-14-11(7)17/h5,7H,1-4H2,(H,14,17)(H,15,16). The highest BCUT2D eigenvalue weighted by Gasteiger charge is 2.24. The van der Waals surface area contributed by atoms with E-state index < -0.39 is 6.04 Å². The van der Waals surface area contributed by atoms with Crippen molar-refractivity contribution in [3.63, 3.8) is 0 Å². The lowest BCUT2D eigenvalue weighted by atomic mass is 10.1. The Hall–Kier alpha value is -0.400. The predicted molar refractivity (Wildman–Crippen MR) is 77.8 cm³/mol. The Balaban J connectivity index is 2.06. The molecule has 2 amide bonds. The summed E-state index contributed by atoms with van der Waals surface area (Å²) in [5.41, 5.74) is 0.559. The van der Waals surface area contributed by atoms with Crippen molar-refractivity contribution in [2.45, 2.75) is 25.3 Å². The zero-order valence-corrected chi connectivity index (χ0v) is 13.5. The van der Waals surface area contributed by atoms with Gasteiger partial charge in [-0.05, 0) is 57.2 Å². The van der Waals surface area contributed by atoms with Gasteiger partial charge in [0.2, 0.25) is 5.91 Å². The molecule has 0 bridgehead atoms. The van der Waals surface area contributed by atoms with Crippen LogP contribution in [0.15, 0.2) is 13.6 Å². The summed E-state index contributed by atoms with van der Waals surface area (Å²) in [5.74, 6) is -0.308. The highest BCUT2D eigenvalue weighted by atomic mass is 79.9. The Kier molecular flexibility index (Phi) is 4.80. The number of carbonyl (C=O) groups is 2. The van der Waals surface area contributed by atoms with Crippen LogP contribution in [0, 0.1) is 0 Å². The van der Waals surface area contributed by atoms with Crippen molar-refractivity contribution in [1.82, 2.24) is 10.6 Å². The average molecular weight is 396 g/mol. The smallest absolute Gasteiger partial charge is 0.253 e. The van der Waals surface area contributed by atoms with E-state index in [9.17, 15) is 9.59 Å². The van der Waals surface area contributed by atoms with E-state index in [1.807, 2.05) is 0 Å². The van der Waals surface area contributed by atoms with Gasteiger partial charge in [0.05, 0.1) is 13.1 Å². The van der Waals surface area contributed by atoms with E-state index in [1.165, 1.54) is 11.3 Å². The average Bonchev–Trinajstić information content (AvgIpc) is 2.52. The van der Waals surface area contributed by atoms with Crippen molar-refractivity contribution >= 4 is 55.0 Å². The number of carbonyl (C=O) groups excluding carboxylic acids is 2. The molecule has 18 heavy (non-hydrogen) atoms. The number of hydrogen-bond acceptors (Lipinski definition) is 3. The second-order valence-electron chi connectivity index (χ2n) is 4.05. The van der Waals surface area contributed by atoms with Crippen molar-refractivity contribution in [1.29, 1.82) is 0 Å². The van der Waals surface area contributed by atoms with Gasteiger partial charge in [0.15, 0.2) is 0 Å². The number of thiophene rings is 1. The summed E-state index contributed by atoms with van der Waals surface area (Å²) in [5, 5.41) is 5.58. The maximum atomic E-state index is 12.1. The number of amides is 2. The molecule has 1 aromatic rings. The molecule has 0 saturated carbocycles. The number of halogens is 2. The minimum atomic E-state index is -0.425. The molecule has 1 saturated heterocycles. The van der Waals surface area contributed by atoms with E-state index in [2.05, 4.69) is 42.5 Å². The molecular weight excluding hydrogens is 384 g/mol. The molecule has 0 spiro atoms. The first kappa shape index (κ1) is 14.0. The Morgan fingerprint density at radius 1 is 1.44 bits per heavy atom. The fourth-order valence-electron chi connectivity index (χ4n) is 1.81. The van der Waals surface area contributed by atoms with E-state index in [4.69, 9.17) is 0 Å². The lowest BCUT2D eigenvalue weighted by molar-refractivity contribution is -0.122. The Morgan fingerprint density at radius 2 is 2.22 bits per heavy atom. The summed E-state index contributed by atoms with van der Waals surface area (Å²) < 4.78 is 1.64. The molecular formula is C11H12Br2N2O2S. The third-order valence-electron chi connectivity index (χ3n) is 2.74. The Bertz CT molecular complexity index is 476. The van der Waals surface area contributed by atoms with E-state index in [-0.39, 0.29) is 11.8 Å². The summed E-state index contributed by atoms with van der Waals surface area (Å²) in [6.45, 7) is 0.693. The minimum absolute atomic E-state index is 0.0914. The molecule has 0 aliphatic carbocycles. The monoisotopic (exact) mass is 394 g/mol. The van der Waals surface area contributed by atoms with Gasteiger partial charge in [-0.2, -0.15) is 0 Å². The highest BCUT2D eigenvalue weighted by Crippen LogP contribution is 2.31. The second-order valence-corrected chi connectivity index (χ2v) is 7.80. The fourth-order valence-corrected chi connectivity index (χ4v) is 4.60. The van der Waals surface area contributed by atoms with Crippen LogP contribution < -0.4 is 10.6 Å². The zero-order chi connectivity index (χ0) is 13.1. The number of hydrogen-bond donors (Lipinski definition) is 2. The van der Waals surface area contributed by atoms with Gasteiger partial charge in [-0.15, -0.1) is 11.3 Å². The van der Waals surface area contributed by atoms with Crippen LogP contribution in [0.2, 0.25) is 0 Å². The van der Waals surface area contributed by atoms with Crippen LogP contribution in [0.1, 0.15) is 29.6 Å². The normalized spacial score (nSPS) is 20.1. The van der Waals surface area contributed by atoms with Gasteiger partial charge in [0, 0.05) is 6.54 Å². The molecule has 0 radical (unpaired) electrons. The summed E-state index contributed by atoms with van der Waals surface area (Å²) >= 11 is 8.11. The summed E-state index contributed by atoms with van der Waals surface area (Å²) in [4.78, 5) is 23.8. The quantitative estimate of drug-likeness (QED) is 0.808. The molecule has 98 valence electrons. The molecule has 1 aliphatic heterocycles. The molecule has 2 rings (SSSR count). The first-order valence-corrected chi connectivity index (χ1v) is 8.01. The van der Waals surface area contributed by atoms with Gasteiger partial charge in [-0.3, -0.25) is 9.59 Å². The molecule has 0 aromatic carbocycles. The number of rotatable bonds is 2. The molecule has 1 aliphatic rings. The third-order valence-corrected chi connectivity index (χ3v) is 5.08. The Labute approximate surface area is 126 Å². The highest BCUT2D eigenvalue weighted by molar-refractivity contribution is 9.12. The van der Waals surface area contributed by atoms with Crippen LogP contribution in [-0.4, -0.2) is 24.4 Å². The van der Waals surface area contributed by atoms with Crippen LogP contribution in [0.5, 0.6) is 0 Å². The van der Waals surface area contributed by atoms with Gasteiger partial charge < -0.3 is 10.6 Å². The van der Waals surface area contributed by atoms with E-state index >= 15 is 0 Å². The molecule has 2 N–H and O–H groups in total. The summed E-state index contributed by atoms with van der Waals surface area (Å²) in [6, 6.07) is 1.32. The van der Waals surface area contributed by atoms with Gasteiger partial charge in [-0.1, -0.05) is 0 Å². The topological polar surface area (TPSA) is 58.2 Å².